The molecule has 1 aromatic heterocycles. The van der Waals surface area contributed by atoms with Crippen molar-refractivity contribution < 1.29 is 14.7 Å². The van der Waals surface area contributed by atoms with E-state index >= 15 is 0 Å². The predicted octanol–water partition coefficient (Wildman–Crippen LogP) is 2.55. The van der Waals surface area contributed by atoms with E-state index in [0.29, 0.717) is 30.6 Å². The number of aryl methyl sites for hydroxylation is 1. The van der Waals surface area contributed by atoms with E-state index in [1.165, 1.54) is 6.92 Å². The molecule has 2 aromatic rings. The minimum absolute atomic E-state index is 0.0244. The summed E-state index contributed by atoms with van der Waals surface area (Å²) in [6.07, 6.45) is 1.34. The van der Waals surface area contributed by atoms with Crippen molar-refractivity contribution in [1.82, 2.24) is 10.3 Å². The zero-order valence-electron chi connectivity index (χ0n) is 14.4. The number of rotatable bonds is 7. The fourth-order valence-electron chi connectivity index (χ4n) is 2.92. The fraction of sp³-hybridized carbons (Fsp3) is 0.368. The van der Waals surface area contributed by atoms with Crippen molar-refractivity contribution in [2.75, 3.05) is 6.54 Å². The molecular formula is C19H24N2O3. The van der Waals surface area contributed by atoms with Gasteiger partial charge in [0.05, 0.1) is 6.61 Å². The predicted molar refractivity (Wildman–Crippen MR) is 93.3 cm³/mol. The molecule has 1 aromatic carbocycles. The first-order chi connectivity index (χ1) is 11.5. The van der Waals surface area contributed by atoms with Crippen molar-refractivity contribution in [3.8, 4) is 0 Å². The first-order valence-corrected chi connectivity index (χ1v) is 8.17. The quantitative estimate of drug-likeness (QED) is 0.683. The molecule has 0 bridgehead atoms. The molecule has 0 spiro atoms. The van der Waals surface area contributed by atoms with Gasteiger partial charge in [0, 0.05) is 17.8 Å². The second-order valence-electron chi connectivity index (χ2n) is 5.87. The number of benzene rings is 1. The lowest BCUT2D eigenvalue weighted by molar-refractivity contribution is 0.0948. The van der Waals surface area contributed by atoms with Gasteiger partial charge >= 0.3 is 0 Å². The van der Waals surface area contributed by atoms with Crippen LogP contribution in [0.2, 0.25) is 0 Å². The smallest absolute Gasteiger partial charge is 0.268 e. The van der Waals surface area contributed by atoms with Crippen LogP contribution in [0.25, 0.3) is 0 Å². The van der Waals surface area contributed by atoms with E-state index in [2.05, 4.69) is 10.3 Å². The summed E-state index contributed by atoms with van der Waals surface area (Å²) in [4.78, 5) is 27.2. The lowest BCUT2D eigenvalue weighted by Gasteiger charge is -2.07. The number of hydrogen-bond acceptors (Lipinski definition) is 3. The highest BCUT2D eigenvalue weighted by atomic mass is 16.3. The molecule has 1 amide bonds. The molecule has 0 unspecified atom stereocenters. The van der Waals surface area contributed by atoms with Crippen molar-refractivity contribution in [3.05, 3.63) is 57.9 Å². The minimum atomic E-state index is -0.186. The third-order valence-corrected chi connectivity index (χ3v) is 4.13. The molecule has 0 saturated carbocycles. The minimum Gasteiger partial charge on any atom is -0.392 e. The Balaban J connectivity index is 2.02. The first-order valence-electron chi connectivity index (χ1n) is 8.17. The molecule has 0 aliphatic heterocycles. The first kappa shape index (κ1) is 17.9. The van der Waals surface area contributed by atoms with Gasteiger partial charge in [-0.2, -0.15) is 0 Å². The standard InChI is InChI=1S/C19H24N2O3/c1-4-16-17(13(3)23)12(2)21-18(16)19(24)20-10-9-14-5-7-15(11-22)8-6-14/h5-8,21-22H,4,9-11H2,1-3H3,(H,20,24). The zero-order valence-corrected chi connectivity index (χ0v) is 14.4. The summed E-state index contributed by atoms with van der Waals surface area (Å²) in [6, 6.07) is 7.64. The van der Waals surface area contributed by atoms with Crippen molar-refractivity contribution in [2.45, 2.75) is 40.2 Å². The van der Waals surface area contributed by atoms with Gasteiger partial charge in [0.25, 0.3) is 5.91 Å². The number of ketones is 1. The molecule has 0 saturated heterocycles. The molecule has 2 rings (SSSR count). The number of nitrogens with one attached hydrogen (secondary N) is 2. The largest absolute Gasteiger partial charge is 0.392 e. The maximum absolute atomic E-state index is 12.4. The van der Waals surface area contributed by atoms with E-state index in [1.807, 2.05) is 38.1 Å². The SMILES string of the molecule is CCc1c(C(=O)NCCc2ccc(CO)cc2)[nH]c(C)c1C(C)=O. The second-order valence-corrected chi connectivity index (χ2v) is 5.87. The number of amides is 1. The number of aliphatic hydroxyl groups is 1. The van der Waals surface area contributed by atoms with Gasteiger partial charge in [-0.05, 0) is 43.4 Å². The van der Waals surface area contributed by atoms with E-state index in [-0.39, 0.29) is 18.3 Å². The topological polar surface area (TPSA) is 82.2 Å². The van der Waals surface area contributed by atoms with Gasteiger partial charge in [-0.25, -0.2) is 0 Å². The van der Waals surface area contributed by atoms with E-state index in [4.69, 9.17) is 5.11 Å². The summed E-state index contributed by atoms with van der Waals surface area (Å²) in [7, 11) is 0. The lowest BCUT2D eigenvalue weighted by Crippen LogP contribution is -2.27. The lowest BCUT2D eigenvalue weighted by atomic mass is 10.0. The molecule has 3 N–H and O–H groups in total. The highest BCUT2D eigenvalue weighted by molar-refractivity contribution is 6.02. The third-order valence-electron chi connectivity index (χ3n) is 4.13. The molecule has 0 fully saturated rings. The van der Waals surface area contributed by atoms with Crippen LogP contribution in [0, 0.1) is 6.92 Å². The number of carbonyl (C=O) groups excluding carboxylic acids is 2. The van der Waals surface area contributed by atoms with Crippen molar-refractivity contribution in [1.29, 1.82) is 0 Å². The number of carbonyl (C=O) groups is 2. The normalized spacial score (nSPS) is 10.7. The zero-order chi connectivity index (χ0) is 17.7. The number of aromatic nitrogens is 1. The maximum Gasteiger partial charge on any atom is 0.268 e. The van der Waals surface area contributed by atoms with Crippen LogP contribution in [-0.2, 0) is 19.4 Å². The van der Waals surface area contributed by atoms with Gasteiger partial charge in [0.15, 0.2) is 5.78 Å². The molecule has 128 valence electrons. The highest BCUT2D eigenvalue weighted by Gasteiger charge is 2.21. The highest BCUT2D eigenvalue weighted by Crippen LogP contribution is 2.20. The second kappa shape index (κ2) is 7.93. The van der Waals surface area contributed by atoms with E-state index in [9.17, 15) is 9.59 Å². The summed E-state index contributed by atoms with van der Waals surface area (Å²) >= 11 is 0. The Morgan fingerprint density at radius 1 is 1.17 bits per heavy atom. The number of H-pyrrole nitrogens is 1. The molecule has 24 heavy (non-hydrogen) atoms. The molecule has 0 atom stereocenters. The maximum atomic E-state index is 12.4. The van der Waals surface area contributed by atoms with Gasteiger partial charge in [-0.3, -0.25) is 9.59 Å². The Kier molecular flexibility index (Phi) is 5.93. The van der Waals surface area contributed by atoms with Crippen LogP contribution in [0.1, 0.15) is 57.1 Å². The molecule has 0 aliphatic carbocycles. The Bertz CT molecular complexity index is 730. The summed E-state index contributed by atoms with van der Waals surface area (Å²) < 4.78 is 0. The van der Waals surface area contributed by atoms with Crippen LogP contribution in [0.3, 0.4) is 0 Å². The summed E-state index contributed by atoms with van der Waals surface area (Å²) in [5, 5.41) is 11.9. The van der Waals surface area contributed by atoms with Crippen LogP contribution in [0.5, 0.6) is 0 Å². The Hall–Kier alpha value is -2.40. The van der Waals surface area contributed by atoms with Gasteiger partial charge in [-0.1, -0.05) is 31.2 Å². The molecule has 5 heteroatoms. The van der Waals surface area contributed by atoms with Gasteiger partial charge in [-0.15, -0.1) is 0 Å². The average Bonchev–Trinajstić information content (AvgIpc) is 2.92. The number of aromatic amines is 1. The van der Waals surface area contributed by atoms with Gasteiger partial charge in [0.1, 0.15) is 5.69 Å². The molecule has 0 aliphatic rings. The Morgan fingerprint density at radius 3 is 2.33 bits per heavy atom. The third kappa shape index (κ3) is 3.92. The van der Waals surface area contributed by atoms with Crippen molar-refractivity contribution in [3.63, 3.8) is 0 Å². The van der Waals surface area contributed by atoms with Crippen LogP contribution in [0.4, 0.5) is 0 Å². The Morgan fingerprint density at radius 2 is 1.79 bits per heavy atom. The van der Waals surface area contributed by atoms with E-state index in [1.54, 1.807) is 0 Å². The summed E-state index contributed by atoms with van der Waals surface area (Å²) in [5.41, 5.74) is 4.59. The average molecular weight is 328 g/mol. The number of hydrogen-bond donors (Lipinski definition) is 3. The Labute approximate surface area is 142 Å². The van der Waals surface area contributed by atoms with E-state index < -0.39 is 0 Å². The summed E-state index contributed by atoms with van der Waals surface area (Å²) in [5.74, 6) is -0.210. The molecule has 5 nitrogen and oxygen atoms in total. The van der Waals surface area contributed by atoms with Crippen LogP contribution in [-0.4, -0.2) is 28.3 Å². The van der Waals surface area contributed by atoms with Crippen molar-refractivity contribution >= 4 is 11.7 Å². The summed E-state index contributed by atoms with van der Waals surface area (Å²) in [6.45, 7) is 5.81. The molecule has 1 heterocycles. The van der Waals surface area contributed by atoms with Gasteiger partial charge < -0.3 is 15.4 Å². The number of aliphatic hydroxyl groups excluding tert-OH is 1. The van der Waals surface area contributed by atoms with Gasteiger partial charge in [0.2, 0.25) is 0 Å². The van der Waals surface area contributed by atoms with Crippen LogP contribution < -0.4 is 5.32 Å². The van der Waals surface area contributed by atoms with Crippen LogP contribution in [0.15, 0.2) is 24.3 Å². The molecule has 0 radical (unpaired) electrons. The van der Waals surface area contributed by atoms with Crippen LogP contribution >= 0.6 is 0 Å². The monoisotopic (exact) mass is 328 g/mol. The molecular weight excluding hydrogens is 304 g/mol. The van der Waals surface area contributed by atoms with E-state index in [0.717, 1.165) is 22.4 Å². The number of Topliss-reactive ketones (excluding diaryl/α,β-unsaturated/α-hetero) is 1. The fourth-order valence-corrected chi connectivity index (χ4v) is 2.92. The van der Waals surface area contributed by atoms with Crippen molar-refractivity contribution in [2.24, 2.45) is 0 Å².